The third-order valence-corrected chi connectivity index (χ3v) is 3.67. The molecule has 120 valence electrons. The van der Waals surface area contributed by atoms with Crippen molar-refractivity contribution in [2.24, 2.45) is 5.92 Å². The summed E-state index contributed by atoms with van der Waals surface area (Å²) in [6.45, 7) is 3.04. The van der Waals surface area contributed by atoms with Gasteiger partial charge in [0, 0.05) is 5.92 Å². The number of ether oxygens (including phenoxy) is 2. The summed E-state index contributed by atoms with van der Waals surface area (Å²) >= 11 is 0. The van der Waals surface area contributed by atoms with E-state index in [1.165, 1.54) is 0 Å². The molecule has 1 amide bonds. The summed E-state index contributed by atoms with van der Waals surface area (Å²) < 4.78 is 11.4. The molecule has 23 heavy (non-hydrogen) atoms. The van der Waals surface area contributed by atoms with E-state index in [9.17, 15) is 4.79 Å². The fourth-order valence-electron chi connectivity index (χ4n) is 2.25. The highest BCUT2D eigenvalue weighted by molar-refractivity contribution is 5.80. The number of carbonyl (C=O) groups excluding carboxylic acids is 1. The summed E-state index contributed by atoms with van der Waals surface area (Å²) in [5.41, 5.74) is 1.16. The maximum Gasteiger partial charge on any atom is 0.223 e. The second-order valence-corrected chi connectivity index (χ2v) is 5.80. The van der Waals surface area contributed by atoms with Gasteiger partial charge in [-0.1, -0.05) is 12.1 Å². The second kappa shape index (κ2) is 7.18. The van der Waals surface area contributed by atoms with Gasteiger partial charge in [0.2, 0.25) is 5.91 Å². The van der Waals surface area contributed by atoms with Crippen LogP contribution in [-0.4, -0.2) is 19.1 Å². The Morgan fingerprint density at radius 1 is 1.09 bits per heavy atom. The van der Waals surface area contributed by atoms with Crippen molar-refractivity contribution in [2.75, 3.05) is 13.2 Å². The average Bonchev–Trinajstić information content (AvgIpc) is 3.38. The standard InChI is InChI=1S/C19H21NO3/c1-14-3-2-4-18(13-14)23-17-9-7-16(8-10-17)22-12-11-20-19(21)15-5-6-15/h2-4,7-10,13,15H,5-6,11-12H2,1H3,(H,20,21). The highest BCUT2D eigenvalue weighted by Gasteiger charge is 2.28. The van der Waals surface area contributed by atoms with Gasteiger partial charge < -0.3 is 14.8 Å². The summed E-state index contributed by atoms with van der Waals surface area (Å²) in [5, 5.41) is 2.88. The lowest BCUT2D eigenvalue weighted by Gasteiger charge is -2.09. The topological polar surface area (TPSA) is 47.6 Å². The molecule has 1 saturated carbocycles. The fourth-order valence-corrected chi connectivity index (χ4v) is 2.25. The Balaban J connectivity index is 1.44. The first kappa shape index (κ1) is 15.4. The average molecular weight is 311 g/mol. The maximum absolute atomic E-state index is 11.5. The van der Waals surface area contributed by atoms with Crippen LogP contribution in [0, 0.1) is 12.8 Å². The SMILES string of the molecule is Cc1cccc(Oc2ccc(OCCNC(=O)C3CC3)cc2)c1. The van der Waals surface area contributed by atoms with Gasteiger partial charge in [-0.15, -0.1) is 0 Å². The summed E-state index contributed by atoms with van der Waals surface area (Å²) in [6.07, 6.45) is 2.05. The van der Waals surface area contributed by atoms with E-state index in [1.807, 2.05) is 55.5 Å². The van der Waals surface area contributed by atoms with Crippen LogP contribution in [0.2, 0.25) is 0 Å². The molecule has 0 saturated heterocycles. The molecule has 0 unspecified atom stereocenters. The van der Waals surface area contributed by atoms with Crippen molar-refractivity contribution in [1.29, 1.82) is 0 Å². The van der Waals surface area contributed by atoms with Crippen LogP contribution in [0.5, 0.6) is 17.2 Å². The molecule has 0 aromatic heterocycles. The van der Waals surface area contributed by atoms with Gasteiger partial charge in [0.15, 0.2) is 0 Å². The van der Waals surface area contributed by atoms with E-state index in [2.05, 4.69) is 5.32 Å². The van der Waals surface area contributed by atoms with E-state index in [1.54, 1.807) is 0 Å². The van der Waals surface area contributed by atoms with Crippen molar-refractivity contribution in [3.05, 3.63) is 54.1 Å². The van der Waals surface area contributed by atoms with Crippen LogP contribution in [0.15, 0.2) is 48.5 Å². The van der Waals surface area contributed by atoms with Crippen molar-refractivity contribution in [2.45, 2.75) is 19.8 Å². The maximum atomic E-state index is 11.5. The molecule has 4 heteroatoms. The van der Waals surface area contributed by atoms with Gasteiger partial charge >= 0.3 is 0 Å². The number of amides is 1. The Morgan fingerprint density at radius 3 is 2.52 bits per heavy atom. The van der Waals surface area contributed by atoms with Gasteiger partial charge in [-0.25, -0.2) is 0 Å². The molecular weight excluding hydrogens is 290 g/mol. The lowest BCUT2D eigenvalue weighted by Crippen LogP contribution is -2.29. The van der Waals surface area contributed by atoms with Crippen LogP contribution < -0.4 is 14.8 Å². The van der Waals surface area contributed by atoms with Crippen LogP contribution in [0.4, 0.5) is 0 Å². The highest BCUT2D eigenvalue weighted by atomic mass is 16.5. The largest absolute Gasteiger partial charge is 0.492 e. The predicted octanol–water partition coefficient (Wildman–Crippen LogP) is 3.69. The third-order valence-electron chi connectivity index (χ3n) is 3.67. The van der Waals surface area contributed by atoms with E-state index in [-0.39, 0.29) is 11.8 Å². The van der Waals surface area contributed by atoms with Gasteiger partial charge in [0.1, 0.15) is 23.9 Å². The predicted molar refractivity (Wildman–Crippen MR) is 88.9 cm³/mol. The van der Waals surface area contributed by atoms with Crippen molar-refractivity contribution >= 4 is 5.91 Å². The van der Waals surface area contributed by atoms with Crippen LogP contribution in [0.1, 0.15) is 18.4 Å². The number of hydrogen-bond donors (Lipinski definition) is 1. The van der Waals surface area contributed by atoms with Gasteiger partial charge in [-0.3, -0.25) is 4.79 Å². The minimum absolute atomic E-state index is 0.149. The van der Waals surface area contributed by atoms with E-state index in [4.69, 9.17) is 9.47 Å². The molecule has 1 aliphatic rings. The van der Waals surface area contributed by atoms with Crippen LogP contribution in [0.3, 0.4) is 0 Å². The molecule has 0 atom stereocenters. The van der Waals surface area contributed by atoms with Crippen LogP contribution in [0.25, 0.3) is 0 Å². The molecule has 1 N–H and O–H groups in total. The lowest BCUT2D eigenvalue weighted by atomic mass is 10.2. The van der Waals surface area contributed by atoms with Crippen LogP contribution in [-0.2, 0) is 4.79 Å². The number of aryl methyl sites for hydroxylation is 1. The molecule has 0 aliphatic heterocycles. The zero-order chi connectivity index (χ0) is 16.1. The molecule has 2 aromatic carbocycles. The Kier molecular flexibility index (Phi) is 4.81. The molecule has 1 aliphatic carbocycles. The molecule has 0 heterocycles. The molecule has 0 spiro atoms. The summed E-state index contributed by atoms with van der Waals surface area (Å²) in [7, 11) is 0. The number of hydrogen-bond acceptors (Lipinski definition) is 3. The Labute approximate surface area is 136 Å². The first-order chi connectivity index (χ1) is 11.2. The van der Waals surface area contributed by atoms with Gasteiger partial charge in [-0.2, -0.15) is 0 Å². The van der Waals surface area contributed by atoms with Gasteiger partial charge in [0.05, 0.1) is 6.54 Å². The van der Waals surface area contributed by atoms with E-state index >= 15 is 0 Å². The van der Waals surface area contributed by atoms with Gasteiger partial charge in [-0.05, 0) is 61.7 Å². The minimum atomic E-state index is 0.149. The third kappa shape index (κ3) is 4.74. The minimum Gasteiger partial charge on any atom is -0.492 e. The van der Waals surface area contributed by atoms with E-state index in [0.717, 1.165) is 35.7 Å². The summed E-state index contributed by atoms with van der Waals surface area (Å²) in [4.78, 5) is 11.5. The van der Waals surface area contributed by atoms with Crippen molar-refractivity contribution in [3.8, 4) is 17.2 Å². The highest BCUT2D eigenvalue weighted by Crippen LogP contribution is 2.28. The van der Waals surface area contributed by atoms with E-state index < -0.39 is 0 Å². The number of rotatable bonds is 7. The summed E-state index contributed by atoms with van der Waals surface area (Å²) in [5.74, 6) is 2.75. The molecule has 3 rings (SSSR count). The zero-order valence-corrected chi connectivity index (χ0v) is 13.2. The Morgan fingerprint density at radius 2 is 1.83 bits per heavy atom. The number of benzene rings is 2. The summed E-state index contributed by atoms with van der Waals surface area (Å²) in [6, 6.07) is 15.4. The smallest absolute Gasteiger partial charge is 0.223 e. The van der Waals surface area contributed by atoms with Gasteiger partial charge in [0.25, 0.3) is 0 Å². The molecule has 0 radical (unpaired) electrons. The van der Waals surface area contributed by atoms with E-state index in [0.29, 0.717) is 13.2 Å². The molecule has 2 aromatic rings. The number of carbonyl (C=O) groups is 1. The quantitative estimate of drug-likeness (QED) is 0.793. The lowest BCUT2D eigenvalue weighted by molar-refractivity contribution is -0.122. The molecule has 0 bridgehead atoms. The molecule has 1 fully saturated rings. The molecule has 4 nitrogen and oxygen atoms in total. The number of nitrogens with one attached hydrogen (secondary N) is 1. The van der Waals surface area contributed by atoms with Crippen molar-refractivity contribution in [3.63, 3.8) is 0 Å². The Bertz CT molecular complexity index is 663. The fraction of sp³-hybridized carbons (Fsp3) is 0.316. The Hall–Kier alpha value is -2.49. The van der Waals surface area contributed by atoms with Crippen molar-refractivity contribution in [1.82, 2.24) is 5.32 Å². The first-order valence-corrected chi connectivity index (χ1v) is 7.96. The van der Waals surface area contributed by atoms with Crippen LogP contribution >= 0.6 is 0 Å². The normalized spacial score (nSPS) is 13.4. The second-order valence-electron chi connectivity index (χ2n) is 5.80. The monoisotopic (exact) mass is 311 g/mol. The molecular formula is C19H21NO3. The zero-order valence-electron chi connectivity index (χ0n) is 13.2. The first-order valence-electron chi connectivity index (χ1n) is 7.96. The van der Waals surface area contributed by atoms with Crippen molar-refractivity contribution < 1.29 is 14.3 Å².